The topological polar surface area (TPSA) is 21.3 Å². The van der Waals surface area contributed by atoms with Gasteiger partial charge in [-0.2, -0.15) is 0 Å². The van der Waals surface area contributed by atoms with Crippen LogP contribution < -0.4 is 10.1 Å². The van der Waals surface area contributed by atoms with Gasteiger partial charge >= 0.3 is 0 Å². The Bertz CT molecular complexity index is 376. The van der Waals surface area contributed by atoms with Gasteiger partial charge < -0.3 is 10.1 Å². The lowest BCUT2D eigenvalue weighted by Crippen LogP contribution is -2.23. The van der Waals surface area contributed by atoms with Crippen LogP contribution >= 0.6 is 0 Å². The molecule has 0 aliphatic carbocycles. The van der Waals surface area contributed by atoms with Gasteiger partial charge in [0.1, 0.15) is 5.75 Å². The summed E-state index contributed by atoms with van der Waals surface area (Å²) in [5, 5.41) is 3.46. The number of para-hydroxylation sites is 1. The van der Waals surface area contributed by atoms with Crippen LogP contribution in [0.25, 0.3) is 0 Å². The summed E-state index contributed by atoms with van der Waals surface area (Å²) in [6, 6.07) is 9.08. The molecule has 1 N–H and O–H groups in total. The molecule has 0 fully saturated rings. The zero-order chi connectivity index (χ0) is 15.5. The van der Waals surface area contributed by atoms with Gasteiger partial charge in [0, 0.05) is 6.04 Å². The maximum absolute atomic E-state index is 5.99. The van der Waals surface area contributed by atoms with Crippen molar-refractivity contribution in [2.75, 3.05) is 13.2 Å². The minimum Gasteiger partial charge on any atom is -0.493 e. The molecule has 0 aliphatic heterocycles. The molecule has 0 radical (unpaired) electrons. The van der Waals surface area contributed by atoms with Gasteiger partial charge in [-0.25, -0.2) is 0 Å². The molecule has 2 heteroatoms. The third kappa shape index (κ3) is 7.52. The lowest BCUT2D eigenvalue weighted by molar-refractivity contribution is 0.300. The third-order valence-corrected chi connectivity index (χ3v) is 3.94. The highest BCUT2D eigenvalue weighted by molar-refractivity contribution is 5.35. The predicted octanol–water partition coefficient (Wildman–Crippen LogP) is 5.14. The molecule has 0 amide bonds. The summed E-state index contributed by atoms with van der Waals surface area (Å²) in [4.78, 5) is 0. The van der Waals surface area contributed by atoms with Crippen molar-refractivity contribution in [3.63, 3.8) is 0 Å². The Morgan fingerprint density at radius 3 is 2.43 bits per heavy atom. The number of rotatable bonds is 11. The quantitative estimate of drug-likeness (QED) is 0.570. The van der Waals surface area contributed by atoms with E-state index >= 15 is 0 Å². The van der Waals surface area contributed by atoms with E-state index in [0.717, 1.165) is 31.7 Å². The predicted molar refractivity (Wildman–Crippen MR) is 92.2 cm³/mol. The van der Waals surface area contributed by atoms with E-state index in [0.29, 0.717) is 12.0 Å². The van der Waals surface area contributed by atoms with E-state index in [4.69, 9.17) is 4.74 Å². The second-order valence-electron chi connectivity index (χ2n) is 6.22. The molecule has 0 bridgehead atoms. The first-order valence-corrected chi connectivity index (χ1v) is 8.60. The SMILES string of the molecule is CCC(C)c1ccccc1OCCCCCCNC(C)C. The van der Waals surface area contributed by atoms with Crippen molar-refractivity contribution in [2.24, 2.45) is 0 Å². The molecular weight excluding hydrogens is 258 g/mol. The average molecular weight is 291 g/mol. The summed E-state index contributed by atoms with van der Waals surface area (Å²) in [6.45, 7) is 10.9. The average Bonchev–Trinajstić information content (AvgIpc) is 2.49. The zero-order valence-corrected chi connectivity index (χ0v) is 14.3. The molecule has 120 valence electrons. The maximum Gasteiger partial charge on any atom is 0.122 e. The summed E-state index contributed by atoms with van der Waals surface area (Å²) in [6.07, 6.45) is 6.11. The van der Waals surface area contributed by atoms with E-state index in [1.165, 1.54) is 24.8 Å². The Labute approximate surface area is 131 Å². The minimum absolute atomic E-state index is 0.573. The number of ether oxygens (including phenoxy) is 1. The normalized spacial score (nSPS) is 12.6. The molecule has 0 spiro atoms. The largest absolute Gasteiger partial charge is 0.493 e. The highest BCUT2D eigenvalue weighted by Crippen LogP contribution is 2.28. The first-order chi connectivity index (χ1) is 10.1. The number of benzene rings is 1. The molecule has 0 heterocycles. The van der Waals surface area contributed by atoms with E-state index in [9.17, 15) is 0 Å². The van der Waals surface area contributed by atoms with Gasteiger partial charge in [-0.1, -0.05) is 58.7 Å². The van der Waals surface area contributed by atoms with Crippen molar-refractivity contribution in [3.05, 3.63) is 29.8 Å². The highest BCUT2D eigenvalue weighted by atomic mass is 16.5. The maximum atomic E-state index is 5.99. The van der Waals surface area contributed by atoms with Crippen LogP contribution in [0.5, 0.6) is 5.75 Å². The van der Waals surface area contributed by atoms with Crippen LogP contribution in [0.2, 0.25) is 0 Å². The highest BCUT2D eigenvalue weighted by Gasteiger charge is 2.08. The third-order valence-electron chi connectivity index (χ3n) is 3.94. The standard InChI is InChI=1S/C19H33NO/c1-5-17(4)18-12-8-9-13-19(18)21-15-11-7-6-10-14-20-16(2)3/h8-9,12-13,16-17,20H,5-7,10-11,14-15H2,1-4H3. The van der Waals surface area contributed by atoms with Crippen LogP contribution in [-0.4, -0.2) is 19.2 Å². The lowest BCUT2D eigenvalue weighted by Gasteiger charge is -2.15. The molecular formula is C19H33NO. The van der Waals surface area contributed by atoms with Crippen LogP contribution in [0.15, 0.2) is 24.3 Å². The molecule has 0 aliphatic rings. The minimum atomic E-state index is 0.573. The molecule has 1 aromatic carbocycles. The van der Waals surface area contributed by atoms with Gasteiger partial charge in [0.25, 0.3) is 0 Å². The number of unbranched alkanes of at least 4 members (excludes halogenated alkanes) is 3. The smallest absolute Gasteiger partial charge is 0.122 e. The fourth-order valence-corrected chi connectivity index (χ4v) is 2.39. The van der Waals surface area contributed by atoms with Crippen molar-refractivity contribution in [3.8, 4) is 5.75 Å². The van der Waals surface area contributed by atoms with Gasteiger partial charge in [0.2, 0.25) is 0 Å². The Morgan fingerprint density at radius 1 is 1.00 bits per heavy atom. The molecule has 0 aromatic heterocycles. The van der Waals surface area contributed by atoms with Crippen molar-refractivity contribution in [1.82, 2.24) is 5.32 Å². The van der Waals surface area contributed by atoms with Crippen molar-refractivity contribution < 1.29 is 4.74 Å². The molecule has 1 rings (SSSR count). The van der Waals surface area contributed by atoms with Crippen LogP contribution in [0.3, 0.4) is 0 Å². The molecule has 0 saturated heterocycles. The number of nitrogens with one attached hydrogen (secondary N) is 1. The van der Waals surface area contributed by atoms with E-state index < -0.39 is 0 Å². The first kappa shape index (κ1) is 18.0. The second-order valence-corrected chi connectivity index (χ2v) is 6.22. The Morgan fingerprint density at radius 2 is 1.71 bits per heavy atom. The molecule has 0 saturated carbocycles. The molecule has 21 heavy (non-hydrogen) atoms. The van der Waals surface area contributed by atoms with E-state index in [1.54, 1.807) is 0 Å². The van der Waals surface area contributed by atoms with Crippen LogP contribution in [0, 0.1) is 0 Å². The summed E-state index contributed by atoms with van der Waals surface area (Å²) in [7, 11) is 0. The molecule has 1 unspecified atom stereocenters. The number of hydrogen-bond acceptors (Lipinski definition) is 2. The van der Waals surface area contributed by atoms with Gasteiger partial charge in [0.05, 0.1) is 6.61 Å². The fraction of sp³-hybridized carbons (Fsp3) is 0.684. The van der Waals surface area contributed by atoms with Gasteiger partial charge in [-0.3, -0.25) is 0 Å². The van der Waals surface area contributed by atoms with E-state index in [2.05, 4.69) is 57.3 Å². The monoisotopic (exact) mass is 291 g/mol. The zero-order valence-electron chi connectivity index (χ0n) is 14.3. The summed E-state index contributed by atoms with van der Waals surface area (Å²) in [5.41, 5.74) is 1.35. The lowest BCUT2D eigenvalue weighted by atomic mass is 9.98. The van der Waals surface area contributed by atoms with Crippen molar-refractivity contribution in [1.29, 1.82) is 0 Å². The Hall–Kier alpha value is -1.02. The van der Waals surface area contributed by atoms with Gasteiger partial charge in [-0.15, -0.1) is 0 Å². The molecule has 1 atom stereocenters. The van der Waals surface area contributed by atoms with Crippen LogP contribution in [0.1, 0.15) is 71.3 Å². The second kappa shape index (κ2) is 10.7. The van der Waals surface area contributed by atoms with Crippen LogP contribution in [0.4, 0.5) is 0 Å². The fourth-order valence-electron chi connectivity index (χ4n) is 2.39. The molecule has 1 aromatic rings. The Kier molecular flexibility index (Phi) is 9.16. The van der Waals surface area contributed by atoms with Crippen molar-refractivity contribution in [2.45, 2.75) is 71.8 Å². The summed E-state index contributed by atoms with van der Waals surface area (Å²) < 4.78 is 5.99. The van der Waals surface area contributed by atoms with Gasteiger partial charge in [-0.05, 0) is 43.4 Å². The van der Waals surface area contributed by atoms with E-state index in [1.807, 2.05) is 0 Å². The molecule has 2 nitrogen and oxygen atoms in total. The summed E-state index contributed by atoms with van der Waals surface area (Å²) >= 11 is 0. The Balaban J connectivity index is 2.18. The van der Waals surface area contributed by atoms with Crippen LogP contribution in [-0.2, 0) is 0 Å². The summed E-state index contributed by atoms with van der Waals surface area (Å²) in [5.74, 6) is 1.65. The number of hydrogen-bond donors (Lipinski definition) is 1. The van der Waals surface area contributed by atoms with Crippen molar-refractivity contribution >= 4 is 0 Å². The van der Waals surface area contributed by atoms with Gasteiger partial charge in [0.15, 0.2) is 0 Å². The first-order valence-electron chi connectivity index (χ1n) is 8.60. The van der Waals surface area contributed by atoms with E-state index in [-0.39, 0.29) is 0 Å².